The maximum absolute atomic E-state index is 5.55. The standard InChI is InChI=1S/C11H22N4O/c1-4-5-15-8-10(7-13-15)11(14-12)6-9(2)16-3/h7-9,11,14H,4-6,12H2,1-3H3. The summed E-state index contributed by atoms with van der Waals surface area (Å²) in [5.41, 5.74) is 3.92. The van der Waals surface area contributed by atoms with Crippen molar-refractivity contribution in [3.05, 3.63) is 18.0 Å². The van der Waals surface area contributed by atoms with Gasteiger partial charge in [-0.25, -0.2) is 0 Å². The van der Waals surface area contributed by atoms with Crippen molar-refractivity contribution in [2.75, 3.05) is 7.11 Å². The highest BCUT2D eigenvalue weighted by molar-refractivity contribution is 5.10. The number of aryl methyl sites for hydroxylation is 1. The van der Waals surface area contributed by atoms with E-state index in [0.717, 1.165) is 24.9 Å². The average molecular weight is 226 g/mol. The molecule has 5 heteroatoms. The highest BCUT2D eigenvalue weighted by atomic mass is 16.5. The second-order valence-electron chi connectivity index (χ2n) is 4.04. The Hall–Kier alpha value is -0.910. The van der Waals surface area contributed by atoms with Crippen LogP contribution in [0.5, 0.6) is 0 Å². The van der Waals surface area contributed by atoms with Gasteiger partial charge in [0.25, 0.3) is 0 Å². The summed E-state index contributed by atoms with van der Waals surface area (Å²) in [5, 5.41) is 4.29. The lowest BCUT2D eigenvalue weighted by atomic mass is 10.1. The van der Waals surface area contributed by atoms with E-state index < -0.39 is 0 Å². The summed E-state index contributed by atoms with van der Waals surface area (Å²) < 4.78 is 7.18. The van der Waals surface area contributed by atoms with Gasteiger partial charge in [-0.05, 0) is 19.8 Å². The Labute approximate surface area is 96.9 Å². The third-order valence-electron chi connectivity index (χ3n) is 2.68. The van der Waals surface area contributed by atoms with E-state index in [0.29, 0.717) is 0 Å². The Balaban J connectivity index is 2.63. The van der Waals surface area contributed by atoms with Crippen LogP contribution in [0.3, 0.4) is 0 Å². The van der Waals surface area contributed by atoms with E-state index in [1.54, 1.807) is 7.11 Å². The average Bonchev–Trinajstić information content (AvgIpc) is 2.74. The van der Waals surface area contributed by atoms with Gasteiger partial charge in [-0.2, -0.15) is 5.10 Å². The summed E-state index contributed by atoms with van der Waals surface area (Å²) >= 11 is 0. The molecule has 2 unspecified atom stereocenters. The molecule has 1 rings (SSSR count). The van der Waals surface area contributed by atoms with Gasteiger partial charge in [0, 0.05) is 25.4 Å². The molecule has 0 aliphatic carbocycles. The summed E-state index contributed by atoms with van der Waals surface area (Å²) in [5.74, 6) is 5.55. The number of nitrogens with zero attached hydrogens (tertiary/aromatic N) is 2. The third-order valence-corrected chi connectivity index (χ3v) is 2.68. The quantitative estimate of drug-likeness (QED) is 0.542. The molecule has 0 aliphatic rings. The molecule has 0 amide bonds. The molecule has 1 aromatic heterocycles. The van der Waals surface area contributed by atoms with Crippen LogP contribution in [-0.4, -0.2) is 23.0 Å². The van der Waals surface area contributed by atoms with Crippen LogP contribution in [0.4, 0.5) is 0 Å². The van der Waals surface area contributed by atoms with Gasteiger partial charge in [0.1, 0.15) is 0 Å². The van der Waals surface area contributed by atoms with Crippen molar-refractivity contribution in [1.29, 1.82) is 0 Å². The predicted octanol–water partition coefficient (Wildman–Crippen LogP) is 1.22. The number of nitrogens with two attached hydrogens (primary N) is 1. The van der Waals surface area contributed by atoms with Crippen molar-refractivity contribution in [2.24, 2.45) is 5.84 Å². The maximum Gasteiger partial charge on any atom is 0.0561 e. The van der Waals surface area contributed by atoms with Crippen molar-refractivity contribution >= 4 is 0 Å². The van der Waals surface area contributed by atoms with E-state index in [9.17, 15) is 0 Å². The first kappa shape index (κ1) is 13.2. The van der Waals surface area contributed by atoms with Crippen molar-refractivity contribution < 1.29 is 4.74 Å². The lowest BCUT2D eigenvalue weighted by molar-refractivity contribution is 0.100. The molecule has 2 atom stereocenters. The summed E-state index contributed by atoms with van der Waals surface area (Å²) in [7, 11) is 1.71. The zero-order valence-electron chi connectivity index (χ0n) is 10.3. The van der Waals surface area contributed by atoms with E-state index in [4.69, 9.17) is 10.6 Å². The van der Waals surface area contributed by atoms with E-state index in [1.165, 1.54) is 0 Å². The highest BCUT2D eigenvalue weighted by Gasteiger charge is 2.15. The molecular formula is C11H22N4O. The Morgan fingerprint density at radius 3 is 2.94 bits per heavy atom. The Bertz CT molecular complexity index is 300. The first-order valence-corrected chi connectivity index (χ1v) is 5.72. The SMILES string of the molecule is CCCn1cc(C(CC(C)OC)NN)cn1. The fourth-order valence-corrected chi connectivity index (χ4v) is 1.64. The number of hydrogen-bond acceptors (Lipinski definition) is 4. The molecule has 5 nitrogen and oxygen atoms in total. The van der Waals surface area contributed by atoms with Crippen LogP contribution in [0, 0.1) is 0 Å². The van der Waals surface area contributed by atoms with Crippen LogP contribution >= 0.6 is 0 Å². The second-order valence-corrected chi connectivity index (χ2v) is 4.04. The Kier molecular flexibility index (Phi) is 5.45. The van der Waals surface area contributed by atoms with E-state index in [1.807, 2.05) is 24.0 Å². The van der Waals surface area contributed by atoms with Gasteiger partial charge in [0.15, 0.2) is 0 Å². The topological polar surface area (TPSA) is 65.1 Å². The molecule has 0 aromatic carbocycles. The third kappa shape index (κ3) is 3.59. The number of aromatic nitrogens is 2. The molecular weight excluding hydrogens is 204 g/mol. The number of ether oxygens (including phenoxy) is 1. The van der Waals surface area contributed by atoms with Gasteiger partial charge in [0.2, 0.25) is 0 Å². The molecule has 1 aromatic rings. The first-order chi connectivity index (χ1) is 7.71. The van der Waals surface area contributed by atoms with Crippen LogP contribution < -0.4 is 11.3 Å². The number of rotatable bonds is 7. The minimum absolute atomic E-state index is 0.0977. The van der Waals surface area contributed by atoms with Gasteiger partial charge in [-0.15, -0.1) is 0 Å². The molecule has 0 spiro atoms. The molecule has 0 aliphatic heterocycles. The van der Waals surface area contributed by atoms with E-state index in [-0.39, 0.29) is 12.1 Å². The van der Waals surface area contributed by atoms with Gasteiger partial charge >= 0.3 is 0 Å². The van der Waals surface area contributed by atoms with Crippen LogP contribution in [0.15, 0.2) is 12.4 Å². The number of nitrogens with one attached hydrogen (secondary N) is 1. The van der Waals surface area contributed by atoms with Crippen molar-refractivity contribution in [3.63, 3.8) is 0 Å². The van der Waals surface area contributed by atoms with E-state index >= 15 is 0 Å². The Morgan fingerprint density at radius 1 is 1.62 bits per heavy atom. The summed E-state index contributed by atoms with van der Waals surface area (Å²) in [6.07, 6.45) is 6.00. The van der Waals surface area contributed by atoms with Gasteiger partial charge in [0.05, 0.1) is 18.3 Å². The normalized spacial score (nSPS) is 15.0. The lowest BCUT2D eigenvalue weighted by Gasteiger charge is -2.17. The zero-order valence-corrected chi connectivity index (χ0v) is 10.3. The number of hydrogen-bond donors (Lipinski definition) is 2. The zero-order chi connectivity index (χ0) is 12.0. The van der Waals surface area contributed by atoms with Crippen LogP contribution in [0.1, 0.15) is 38.3 Å². The first-order valence-electron chi connectivity index (χ1n) is 5.72. The number of hydrazine groups is 1. The van der Waals surface area contributed by atoms with Crippen molar-refractivity contribution in [1.82, 2.24) is 15.2 Å². The molecule has 16 heavy (non-hydrogen) atoms. The number of methoxy groups -OCH3 is 1. The van der Waals surface area contributed by atoms with Crippen molar-refractivity contribution in [2.45, 2.75) is 45.4 Å². The Morgan fingerprint density at radius 2 is 2.38 bits per heavy atom. The molecule has 1 heterocycles. The minimum atomic E-state index is 0.0977. The molecule has 0 saturated heterocycles. The molecule has 0 radical (unpaired) electrons. The van der Waals surface area contributed by atoms with Gasteiger partial charge in [-0.1, -0.05) is 6.92 Å². The van der Waals surface area contributed by atoms with E-state index in [2.05, 4.69) is 17.4 Å². The van der Waals surface area contributed by atoms with Gasteiger partial charge in [-0.3, -0.25) is 16.0 Å². The molecule has 92 valence electrons. The second kappa shape index (κ2) is 6.62. The summed E-state index contributed by atoms with van der Waals surface area (Å²) in [6.45, 7) is 5.10. The van der Waals surface area contributed by atoms with Crippen LogP contribution in [0.2, 0.25) is 0 Å². The fraction of sp³-hybridized carbons (Fsp3) is 0.727. The lowest BCUT2D eigenvalue weighted by Crippen LogP contribution is -2.30. The fourth-order valence-electron chi connectivity index (χ4n) is 1.64. The maximum atomic E-state index is 5.55. The predicted molar refractivity (Wildman–Crippen MR) is 63.7 cm³/mol. The van der Waals surface area contributed by atoms with Crippen molar-refractivity contribution in [3.8, 4) is 0 Å². The molecule has 3 N–H and O–H groups in total. The molecule has 0 fully saturated rings. The summed E-state index contributed by atoms with van der Waals surface area (Å²) in [4.78, 5) is 0. The summed E-state index contributed by atoms with van der Waals surface area (Å²) in [6, 6.07) is 0.0977. The van der Waals surface area contributed by atoms with Gasteiger partial charge < -0.3 is 4.74 Å². The monoisotopic (exact) mass is 226 g/mol. The molecule has 0 saturated carbocycles. The smallest absolute Gasteiger partial charge is 0.0561 e. The van der Waals surface area contributed by atoms with Crippen LogP contribution in [0.25, 0.3) is 0 Å². The van der Waals surface area contributed by atoms with Crippen LogP contribution in [-0.2, 0) is 11.3 Å². The minimum Gasteiger partial charge on any atom is -0.382 e. The largest absolute Gasteiger partial charge is 0.382 e. The molecule has 0 bridgehead atoms. The highest BCUT2D eigenvalue weighted by Crippen LogP contribution is 2.18.